The molecular weight excluding hydrogens is 196 g/mol. The lowest BCUT2D eigenvalue weighted by Gasteiger charge is -2.30. The Hall–Kier alpha value is -0.900. The maximum absolute atomic E-state index is 11.2. The predicted octanol–water partition coefficient (Wildman–Crippen LogP) is 1.87. The van der Waals surface area contributed by atoms with Gasteiger partial charge in [-0.3, -0.25) is 4.79 Å². The summed E-state index contributed by atoms with van der Waals surface area (Å²) < 4.78 is 0. The van der Waals surface area contributed by atoms with E-state index in [1.807, 2.05) is 16.5 Å². The van der Waals surface area contributed by atoms with Crippen molar-refractivity contribution in [2.24, 2.45) is 0 Å². The Morgan fingerprint density at radius 2 is 2.57 bits per heavy atom. The number of piperidine rings is 1. The van der Waals surface area contributed by atoms with Gasteiger partial charge in [-0.25, -0.2) is 4.98 Å². The van der Waals surface area contributed by atoms with Crippen LogP contribution in [0.25, 0.3) is 0 Å². The predicted molar refractivity (Wildman–Crippen MR) is 56.3 cm³/mol. The van der Waals surface area contributed by atoms with Crippen molar-refractivity contribution in [3.63, 3.8) is 0 Å². The second-order valence-corrected chi connectivity index (χ2v) is 4.60. The van der Waals surface area contributed by atoms with Crippen LogP contribution >= 0.6 is 11.3 Å². The molecule has 1 aliphatic heterocycles. The summed E-state index contributed by atoms with van der Waals surface area (Å²) in [4.78, 5) is 17.5. The van der Waals surface area contributed by atoms with Gasteiger partial charge in [-0.05, 0) is 12.8 Å². The van der Waals surface area contributed by atoms with E-state index in [9.17, 15) is 4.79 Å². The van der Waals surface area contributed by atoms with Crippen LogP contribution in [0.4, 0.5) is 0 Å². The van der Waals surface area contributed by atoms with Crippen LogP contribution in [0, 0.1) is 0 Å². The first kappa shape index (κ1) is 9.65. The van der Waals surface area contributed by atoms with E-state index in [2.05, 4.69) is 4.98 Å². The van der Waals surface area contributed by atoms with Crippen LogP contribution < -0.4 is 0 Å². The molecule has 14 heavy (non-hydrogen) atoms. The van der Waals surface area contributed by atoms with E-state index in [-0.39, 0.29) is 5.91 Å². The summed E-state index contributed by atoms with van der Waals surface area (Å²) in [5.41, 5.74) is 0. The number of aromatic nitrogens is 1. The highest BCUT2D eigenvalue weighted by molar-refractivity contribution is 7.09. The topological polar surface area (TPSA) is 33.2 Å². The zero-order valence-electron chi connectivity index (χ0n) is 8.27. The van der Waals surface area contributed by atoms with Crippen molar-refractivity contribution in [3.8, 4) is 0 Å². The molecule has 0 saturated carbocycles. The van der Waals surface area contributed by atoms with Gasteiger partial charge in [-0.2, -0.15) is 0 Å². The molecule has 3 nitrogen and oxygen atoms in total. The molecule has 0 radical (unpaired) electrons. The van der Waals surface area contributed by atoms with Crippen molar-refractivity contribution in [2.75, 3.05) is 13.1 Å². The van der Waals surface area contributed by atoms with Crippen molar-refractivity contribution >= 4 is 17.2 Å². The molecule has 1 saturated heterocycles. The Kier molecular flexibility index (Phi) is 2.82. The molecule has 2 heterocycles. The third kappa shape index (κ3) is 1.95. The van der Waals surface area contributed by atoms with Gasteiger partial charge in [0.05, 0.1) is 5.01 Å². The normalized spacial score (nSPS) is 22.4. The average molecular weight is 210 g/mol. The van der Waals surface area contributed by atoms with Crippen molar-refractivity contribution in [2.45, 2.75) is 25.7 Å². The summed E-state index contributed by atoms with van der Waals surface area (Å²) in [6, 6.07) is 0. The molecular formula is C10H14N2OS. The van der Waals surface area contributed by atoms with E-state index in [0.717, 1.165) is 25.9 Å². The Labute approximate surface area is 87.8 Å². The molecule has 0 aliphatic carbocycles. The number of hydrogen-bond acceptors (Lipinski definition) is 3. The minimum atomic E-state index is 0.186. The number of carbonyl (C=O) groups is 1. The van der Waals surface area contributed by atoms with Gasteiger partial charge in [-0.15, -0.1) is 11.3 Å². The van der Waals surface area contributed by atoms with Crippen LogP contribution in [0.1, 0.15) is 30.7 Å². The van der Waals surface area contributed by atoms with Crippen molar-refractivity contribution < 1.29 is 4.79 Å². The van der Waals surface area contributed by atoms with Gasteiger partial charge < -0.3 is 4.90 Å². The quantitative estimate of drug-likeness (QED) is 0.709. The number of hydrogen-bond donors (Lipinski definition) is 0. The van der Waals surface area contributed by atoms with Crippen LogP contribution in [-0.2, 0) is 4.79 Å². The first-order chi connectivity index (χ1) is 6.77. The molecule has 1 atom stereocenters. The van der Waals surface area contributed by atoms with Crippen LogP contribution in [-0.4, -0.2) is 28.9 Å². The van der Waals surface area contributed by atoms with E-state index in [1.165, 1.54) is 5.01 Å². The molecule has 0 aromatic carbocycles. The van der Waals surface area contributed by atoms with Gasteiger partial charge in [0.15, 0.2) is 0 Å². The van der Waals surface area contributed by atoms with Crippen molar-refractivity contribution in [1.29, 1.82) is 0 Å². The SMILES string of the molecule is CC(=O)N1CCC[C@@H](c2nccs2)C1. The lowest BCUT2D eigenvalue weighted by atomic mass is 9.99. The number of rotatable bonds is 1. The van der Waals surface area contributed by atoms with Gasteiger partial charge in [0, 0.05) is 37.5 Å². The molecule has 0 spiro atoms. The maximum atomic E-state index is 11.2. The van der Waals surface area contributed by atoms with E-state index in [1.54, 1.807) is 18.3 Å². The van der Waals surface area contributed by atoms with E-state index in [4.69, 9.17) is 0 Å². The molecule has 1 aromatic heterocycles. The summed E-state index contributed by atoms with van der Waals surface area (Å²) in [5.74, 6) is 0.652. The minimum Gasteiger partial charge on any atom is -0.342 e. The lowest BCUT2D eigenvalue weighted by molar-refractivity contribution is -0.130. The fourth-order valence-corrected chi connectivity index (χ4v) is 2.67. The monoisotopic (exact) mass is 210 g/mol. The Morgan fingerprint density at radius 3 is 3.21 bits per heavy atom. The van der Waals surface area contributed by atoms with E-state index < -0.39 is 0 Å². The third-order valence-electron chi connectivity index (χ3n) is 2.67. The molecule has 1 amide bonds. The Balaban J connectivity index is 2.04. The molecule has 0 N–H and O–H groups in total. The molecule has 76 valence electrons. The standard InChI is InChI=1S/C10H14N2OS/c1-8(13)12-5-2-3-9(7-12)10-11-4-6-14-10/h4,6,9H,2-3,5,7H2,1H3/t9-/m1/s1. The first-order valence-corrected chi connectivity index (χ1v) is 5.80. The van der Waals surface area contributed by atoms with Gasteiger partial charge >= 0.3 is 0 Å². The van der Waals surface area contributed by atoms with Crippen LogP contribution in [0.2, 0.25) is 0 Å². The molecule has 1 fully saturated rings. The average Bonchev–Trinajstić information content (AvgIpc) is 2.71. The van der Waals surface area contributed by atoms with Crippen molar-refractivity contribution in [3.05, 3.63) is 16.6 Å². The fourth-order valence-electron chi connectivity index (χ4n) is 1.90. The van der Waals surface area contributed by atoms with Gasteiger partial charge in [0.1, 0.15) is 0 Å². The van der Waals surface area contributed by atoms with Gasteiger partial charge in [0.2, 0.25) is 5.91 Å². The molecule has 2 rings (SSSR count). The van der Waals surface area contributed by atoms with Crippen LogP contribution in [0.5, 0.6) is 0 Å². The molecule has 4 heteroatoms. The van der Waals surface area contributed by atoms with E-state index in [0.29, 0.717) is 5.92 Å². The van der Waals surface area contributed by atoms with Crippen molar-refractivity contribution in [1.82, 2.24) is 9.88 Å². The Morgan fingerprint density at radius 1 is 1.71 bits per heavy atom. The lowest BCUT2D eigenvalue weighted by Crippen LogP contribution is -2.37. The summed E-state index contributed by atoms with van der Waals surface area (Å²) in [6.45, 7) is 3.41. The first-order valence-electron chi connectivity index (χ1n) is 4.92. The smallest absolute Gasteiger partial charge is 0.219 e. The number of amides is 1. The largest absolute Gasteiger partial charge is 0.342 e. The zero-order chi connectivity index (χ0) is 9.97. The number of carbonyl (C=O) groups excluding carboxylic acids is 1. The summed E-state index contributed by atoms with van der Waals surface area (Å²) in [5, 5.41) is 3.18. The molecule has 1 aliphatic rings. The third-order valence-corrected chi connectivity index (χ3v) is 3.61. The molecule has 0 bridgehead atoms. The second kappa shape index (κ2) is 4.09. The Bertz CT molecular complexity index is 310. The van der Waals surface area contributed by atoms with E-state index >= 15 is 0 Å². The zero-order valence-corrected chi connectivity index (χ0v) is 9.09. The highest BCUT2D eigenvalue weighted by Gasteiger charge is 2.24. The fraction of sp³-hybridized carbons (Fsp3) is 0.600. The van der Waals surface area contributed by atoms with Gasteiger partial charge in [0.25, 0.3) is 0 Å². The highest BCUT2D eigenvalue weighted by atomic mass is 32.1. The highest BCUT2D eigenvalue weighted by Crippen LogP contribution is 2.27. The molecule has 1 aromatic rings. The maximum Gasteiger partial charge on any atom is 0.219 e. The number of likely N-dealkylation sites (tertiary alicyclic amines) is 1. The number of nitrogens with zero attached hydrogens (tertiary/aromatic N) is 2. The van der Waals surface area contributed by atoms with Gasteiger partial charge in [-0.1, -0.05) is 0 Å². The summed E-state index contributed by atoms with van der Waals surface area (Å²) in [7, 11) is 0. The number of thiazole rings is 1. The minimum absolute atomic E-state index is 0.186. The second-order valence-electron chi connectivity index (χ2n) is 3.67. The van der Waals surface area contributed by atoms with Crippen LogP contribution in [0.3, 0.4) is 0 Å². The summed E-state index contributed by atoms with van der Waals surface area (Å²) in [6.07, 6.45) is 4.10. The molecule has 0 unspecified atom stereocenters. The van der Waals surface area contributed by atoms with Crippen LogP contribution in [0.15, 0.2) is 11.6 Å². The summed E-state index contributed by atoms with van der Waals surface area (Å²) >= 11 is 1.69.